The van der Waals surface area contributed by atoms with Crippen LogP contribution in [-0.2, 0) is 13.6 Å². The Hall–Kier alpha value is -1.96. The van der Waals surface area contributed by atoms with Crippen LogP contribution in [0.15, 0.2) is 30.6 Å². The molecule has 0 saturated carbocycles. The van der Waals surface area contributed by atoms with E-state index in [1.807, 2.05) is 30.8 Å². The van der Waals surface area contributed by atoms with Gasteiger partial charge in [-0.05, 0) is 12.5 Å². The fourth-order valence-corrected chi connectivity index (χ4v) is 3.15. The standard InChI is InChI=1S/C16H21N5O2.ClH/c1-12-13(4-3-5-14(12)21(22)23)11-20-9-6-17-10-15(20)16-18-7-8-19(16)2;/h3-5,7-8,15,17H,6,9-11H2,1-2H3;1H. The molecule has 1 aromatic heterocycles. The van der Waals surface area contributed by atoms with Gasteiger partial charge in [-0.2, -0.15) is 0 Å². The van der Waals surface area contributed by atoms with Gasteiger partial charge in [0.1, 0.15) is 5.82 Å². The molecule has 0 bridgehead atoms. The second-order valence-corrected chi connectivity index (χ2v) is 5.91. The molecular formula is C16H22ClN5O2. The number of nitrogens with one attached hydrogen (secondary N) is 1. The minimum Gasteiger partial charge on any atom is -0.337 e. The van der Waals surface area contributed by atoms with E-state index in [-0.39, 0.29) is 29.1 Å². The number of rotatable bonds is 4. The van der Waals surface area contributed by atoms with E-state index in [9.17, 15) is 10.1 Å². The molecule has 1 unspecified atom stereocenters. The third-order valence-electron chi connectivity index (χ3n) is 4.50. The van der Waals surface area contributed by atoms with Crippen molar-refractivity contribution < 1.29 is 4.92 Å². The van der Waals surface area contributed by atoms with Crippen molar-refractivity contribution in [2.75, 3.05) is 19.6 Å². The molecule has 8 heteroatoms. The molecule has 7 nitrogen and oxygen atoms in total. The van der Waals surface area contributed by atoms with Crippen molar-refractivity contribution in [3.8, 4) is 0 Å². The van der Waals surface area contributed by atoms with Crippen LogP contribution < -0.4 is 5.32 Å². The highest BCUT2D eigenvalue weighted by atomic mass is 35.5. The SMILES string of the molecule is Cc1c(CN2CCNCC2c2nccn2C)cccc1[N+](=O)[O-].Cl. The maximum absolute atomic E-state index is 11.1. The summed E-state index contributed by atoms with van der Waals surface area (Å²) in [7, 11) is 1.99. The van der Waals surface area contributed by atoms with Gasteiger partial charge in [-0.1, -0.05) is 12.1 Å². The third-order valence-corrected chi connectivity index (χ3v) is 4.50. The number of hydrogen-bond donors (Lipinski definition) is 1. The van der Waals surface area contributed by atoms with Crippen LogP contribution in [0, 0.1) is 17.0 Å². The van der Waals surface area contributed by atoms with Crippen LogP contribution in [0.1, 0.15) is 23.0 Å². The third kappa shape index (κ3) is 3.58. The average molecular weight is 352 g/mol. The van der Waals surface area contributed by atoms with Gasteiger partial charge in [0.15, 0.2) is 0 Å². The summed E-state index contributed by atoms with van der Waals surface area (Å²) in [6.45, 7) is 5.14. The summed E-state index contributed by atoms with van der Waals surface area (Å²) >= 11 is 0. The summed E-state index contributed by atoms with van der Waals surface area (Å²) in [5.74, 6) is 1.01. The monoisotopic (exact) mass is 351 g/mol. The Kier molecular flexibility index (Phi) is 5.93. The van der Waals surface area contributed by atoms with Crippen LogP contribution in [0.3, 0.4) is 0 Å². The van der Waals surface area contributed by atoms with E-state index in [1.165, 1.54) is 0 Å². The number of nitrogens with zero attached hydrogens (tertiary/aromatic N) is 4. The zero-order chi connectivity index (χ0) is 16.4. The first kappa shape index (κ1) is 18.4. The Morgan fingerprint density at radius 3 is 2.92 bits per heavy atom. The van der Waals surface area contributed by atoms with Crippen LogP contribution in [0.2, 0.25) is 0 Å². The molecule has 1 atom stereocenters. The average Bonchev–Trinajstić information content (AvgIpc) is 2.95. The van der Waals surface area contributed by atoms with Crippen LogP contribution >= 0.6 is 12.4 Å². The van der Waals surface area contributed by atoms with Gasteiger partial charge in [0.25, 0.3) is 5.69 Å². The molecule has 0 aliphatic carbocycles. The topological polar surface area (TPSA) is 76.2 Å². The minimum atomic E-state index is -0.313. The predicted octanol–water partition coefficient (Wildman–Crippen LogP) is 2.21. The summed E-state index contributed by atoms with van der Waals surface area (Å²) in [6, 6.07) is 5.47. The maximum atomic E-state index is 11.1. The number of aromatic nitrogens is 2. The number of nitro benzene ring substituents is 1. The highest BCUT2D eigenvalue weighted by molar-refractivity contribution is 5.85. The van der Waals surface area contributed by atoms with E-state index < -0.39 is 0 Å². The summed E-state index contributed by atoms with van der Waals surface area (Å²) in [6.07, 6.45) is 3.75. The molecule has 2 aromatic rings. The molecular weight excluding hydrogens is 330 g/mol. The van der Waals surface area contributed by atoms with Gasteiger partial charge in [0.2, 0.25) is 0 Å². The Morgan fingerprint density at radius 2 is 2.25 bits per heavy atom. The van der Waals surface area contributed by atoms with E-state index in [2.05, 4.69) is 15.2 Å². The van der Waals surface area contributed by atoms with E-state index >= 15 is 0 Å². The van der Waals surface area contributed by atoms with Crippen molar-refractivity contribution in [2.24, 2.45) is 7.05 Å². The van der Waals surface area contributed by atoms with Crippen LogP contribution in [0.5, 0.6) is 0 Å². The highest BCUT2D eigenvalue weighted by Gasteiger charge is 2.27. The van der Waals surface area contributed by atoms with Crippen molar-refractivity contribution in [2.45, 2.75) is 19.5 Å². The maximum Gasteiger partial charge on any atom is 0.272 e. The highest BCUT2D eigenvalue weighted by Crippen LogP contribution is 2.27. The van der Waals surface area contributed by atoms with Crippen LogP contribution in [0.4, 0.5) is 5.69 Å². The molecule has 0 radical (unpaired) electrons. The first-order valence-corrected chi connectivity index (χ1v) is 7.73. The molecule has 1 saturated heterocycles. The first-order valence-electron chi connectivity index (χ1n) is 7.73. The smallest absolute Gasteiger partial charge is 0.272 e. The summed E-state index contributed by atoms with van der Waals surface area (Å²) in [5, 5.41) is 14.5. The number of aryl methyl sites for hydroxylation is 1. The molecule has 2 heterocycles. The molecule has 0 spiro atoms. The number of benzene rings is 1. The van der Waals surface area contributed by atoms with E-state index in [0.29, 0.717) is 6.54 Å². The van der Waals surface area contributed by atoms with Crippen LogP contribution in [-0.4, -0.2) is 39.0 Å². The molecule has 3 rings (SSSR count). The number of nitro groups is 1. The Bertz CT molecular complexity index is 718. The van der Waals surface area contributed by atoms with Crippen molar-refractivity contribution >= 4 is 18.1 Å². The fourth-order valence-electron chi connectivity index (χ4n) is 3.15. The predicted molar refractivity (Wildman–Crippen MR) is 94.3 cm³/mol. The molecule has 24 heavy (non-hydrogen) atoms. The number of hydrogen-bond acceptors (Lipinski definition) is 5. The Morgan fingerprint density at radius 1 is 1.46 bits per heavy atom. The number of imidazole rings is 1. The van der Waals surface area contributed by atoms with Crippen molar-refractivity contribution in [3.05, 3.63) is 57.7 Å². The summed E-state index contributed by atoms with van der Waals surface area (Å²) in [5.41, 5.74) is 1.93. The number of piperazine rings is 1. The second-order valence-electron chi connectivity index (χ2n) is 5.91. The normalized spacial score (nSPS) is 18.2. The van der Waals surface area contributed by atoms with Gasteiger partial charge in [-0.25, -0.2) is 4.98 Å². The summed E-state index contributed by atoms with van der Waals surface area (Å²) < 4.78 is 2.03. The molecule has 130 valence electrons. The quantitative estimate of drug-likeness (QED) is 0.675. The first-order chi connectivity index (χ1) is 11.1. The van der Waals surface area contributed by atoms with Gasteiger partial charge >= 0.3 is 0 Å². The van der Waals surface area contributed by atoms with Crippen molar-refractivity contribution in [1.29, 1.82) is 0 Å². The molecule has 1 aliphatic heterocycles. The Balaban J connectivity index is 0.00000208. The van der Waals surface area contributed by atoms with E-state index in [0.717, 1.165) is 36.6 Å². The molecule has 1 aliphatic rings. The van der Waals surface area contributed by atoms with Gasteiger partial charge < -0.3 is 9.88 Å². The zero-order valence-corrected chi connectivity index (χ0v) is 14.6. The molecule has 1 fully saturated rings. The van der Waals surface area contributed by atoms with Crippen molar-refractivity contribution in [3.63, 3.8) is 0 Å². The van der Waals surface area contributed by atoms with E-state index in [4.69, 9.17) is 0 Å². The molecule has 1 N–H and O–H groups in total. The largest absolute Gasteiger partial charge is 0.337 e. The minimum absolute atomic E-state index is 0. The van der Waals surface area contributed by atoms with Gasteiger partial charge in [-0.15, -0.1) is 12.4 Å². The molecule has 1 aromatic carbocycles. The van der Waals surface area contributed by atoms with Crippen LogP contribution in [0.25, 0.3) is 0 Å². The lowest BCUT2D eigenvalue weighted by Crippen LogP contribution is -2.46. The summed E-state index contributed by atoms with van der Waals surface area (Å²) in [4.78, 5) is 17.6. The fraction of sp³-hybridized carbons (Fsp3) is 0.438. The lowest BCUT2D eigenvalue weighted by atomic mass is 10.0. The van der Waals surface area contributed by atoms with Gasteiger partial charge in [-0.3, -0.25) is 15.0 Å². The van der Waals surface area contributed by atoms with Gasteiger partial charge in [0, 0.05) is 57.3 Å². The lowest BCUT2D eigenvalue weighted by Gasteiger charge is -2.36. The Labute approximate surface area is 147 Å². The molecule has 0 amide bonds. The second kappa shape index (κ2) is 7.74. The van der Waals surface area contributed by atoms with E-state index in [1.54, 1.807) is 18.3 Å². The lowest BCUT2D eigenvalue weighted by molar-refractivity contribution is -0.385. The zero-order valence-electron chi connectivity index (χ0n) is 13.8. The van der Waals surface area contributed by atoms with Gasteiger partial charge in [0.05, 0.1) is 11.0 Å². The number of halogens is 1. The van der Waals surface area contributed by atoms with Crippen molar-refractivity contribution in [1.82, 2.24) is 19.8 Å².